The number of carbonyl (C=O) groups excluding carboxylic acids is 2. The zero-order chi connectivity index (χ0) is 24.8. The lowest BCUT2D eigenvalue weighted by atomic mass is 10.2. The molecule has 0 radical (unpaired) electrons. The molecule has 10 heteroatoms. The fourth-order valence-corrected chi connectivity index (χ4v) is 4.92. The fourth-order valence-electron chi connectivity index (χ4n) is 3.68. The molecular formula is C25H25ClN2O6S. The molecule has 0 bridgehead atoms. The first kappa shape index (κ1) is 25.0. The maximum Gasteiger partial charge on any atom is 0.333 e. The molecule has 1 atom stereocenters. The Labute approximate surface area is 210 Å². The SMILES string of the molecule is CCOC(=O)/C=c1\s/c(=C\c2ccc(-c3ccccc3Cl)o2)c(=O)n1CC(=O)NC[C@H]1CCCO1. The molecule has 35 heavy (non-hydrogen) atoms. The highest BCUT2D eigenvalue weighted by Crippen LogP contribution is 2.29. The Morgan fingerprint density at radius 2 is 2.11 bits per heavy atom. The van der Waals surface area contributed by atoms with Gasteiger partial charge in [-0.05, 0) is 44.0 Å². The Balaban J connectivity index is 1.64. The molecule has 3 aromatic rings. The minimum Gasteiger partial charge on any atom is -0.463 e. The highest BCUT2D eigenvalue weighted by molar-refractivity contribution is 7.07. The number of hydrogen-bond donors (Lipinski definition) is 1. The lowest BCUT2D eigenvalue weighted by Gasteiger charge is -2.10. The highest BCUT2D eigenvalue weighted by Gasteiger charge is 2.17. The van der Waals surface area contributed by atoms with Crippen molar-refractivity contribution in [2.45, 2.75) is 32.4 Å². The zero-order valence-corrected chi connectivity index (χ0v) is 20.7. The molecule has 8 nitrogen and oxygen atoms in total. The third kappa shape index (κ3) is 6.30. The van der Waals surface area contributed by atoms with E-state index in [4.69, 9.17) is 25.5 Å². The zero-order valence-electron chi connectivity index (χ0n) is 19.1. The van der Waals surface area contributed by atoms with Crippen molar-refractivity contribution in [3.63, 3.8) is 0 Å². The van der Waals surface area contributed by atoms with Crippen LogP contribution in [0.3, 0.4) is 0 Å². The van der Waals surface area contributed by atoms with Crippen molar-refractivity contribution in [1.82, 2.24) is 9.88 Å². The summed E-state index contributed by atoms with van der Waals surface area (Å²) >= 11 is 7.33. The fraction of sp³-hybridized carbons (Fsp3) is 0.320. The molecule has 0 aliphatic carbocycles. The number of furan rings is 1. The van der Waals surface area contributed by atoms with E-state index in [0.717, 1.165) is 29.7 Å². The van der Waals surface area contributed by atoms with Gasteiger partial charge in [0.2, 0.25) is 5.91 Å². The van der Waals surface area contributed by atoms with Gasteiger partial charge in [0, 0.05) is 24.8 Å². The lowest BCUT2D eigenvalue weighted by Crippen LogP contribution is -2.40. The third-order valence-electron chi connectivity index (χ3n) is 5.36. The second-order valence-electron chi connectivity index (χ2n) is 7.86. The monoisotopic (exact) mass is 516 g/mol. The molecule has 2 aromatic heterocycles. The van der Waals surface area contributed by atoms with Gasteiger partial charge in [-0.1, -0.05) is 23.7 Å². The van der Waals surface area contributed by atoms with Gasteiger partial charge in [-0.3, -0.25) is 14.2 Å². The van der Waals surface area contributed by atoms with E-state index in [1.165, 1.54) is 10.6 Å². The van der Waals surface area contributed by atoms with Gasteiger partial charge in [0.1, 0.15) is 22.7 Å². The van der Waals surface area contributed by atoms with Crippen molar-refractivity contribution in [3.8, 4) is 11.3 Å². The molecule has 1 aliphatic heterocycles. The first-order valence-electron chi connectivity index (χ1n) is 11.3. The van der Waals surface area contributed by atoms with Gasteiger partial charge in [0.25, 0.3) is 5.56 Å². The van der Waals surface area contributed by atoms with Gasteiger partial charge >= 0.3 is 5.97 Å². The molecule has 1 amide bonds. The van der Waals surface area contributed by atoms with Gasteiger partial charge in [-0.25, -0.2) is 4.79 Å². The summed E-state index contributed by atoms with van der Waals surface area (Å²) in [5, 5.41) is 3.35. The molecule has 1 aromatic carbocycles. The van der Waals surface area contributed by atoms with Crippen molar-refractivity contribution in [3.05, 3.63) is 66.7 Å². The van der Waals surface area contributed by atoms with Crippen molar-refractivity contribution >= 4 is 47.0 Å². The molecule has 0 spiro atoms. The van der Waals surface area contributed by atoms with Crippen LogP contribution in [0.15, 0.2) is 45.6 Å². The maximum atomic E-state index is 13.2. The molecule has 1 N–H and O–H groups in total. The standard InChI is InChI=1S/C25H25ClN2O6S/c1-2-32-24(30)13-23-28(15-22(29)27-14-17-6-5-11-33-17)25(31)21(35-23)12-16-9-10-20(34-16)18-7-3-4-8-19(18)26/h3-4,7-10,12-13,17H,2,5-6,11,14-15H2,1H3,(H,27,29)/b21-12-,23-13-/t17-/m1/s1. The number of carbonyl (C=O) groups is 2. The van der Waals surface area contributed by atoms with Gasteiger partial charge in [-0.15, -0.1) is 11.3 Å². The van der Waals surface area contributed by atoms with Crippen molar-refractivity contribution in [2.24, 2.45) is 0 Å². The Bertz CT molecular complexity index is 1380. The summed E-state index contributed by atoms with van der Waals surface area (Å²) in [6, 6.07) is 10.8. The van der Waals surface area contributed by atoms with Crippen LogP contribution in [0, 0.1) is 0 Å². The van der Waals surface area contributed by atoms with Crippen LogP contribution in [-0.2, 0) is 25.6 Å². The summed E-state index contributed by atoms with van der Waals surface area (Å²) in [5.74, 6) is 0.0683. The summed E-state index contributed by atoms with van der Waals surface area (Å²) in [4.78, 5) is 37.8. The molecule has 184 valence electrons. The minimum atomic E-state index is -0.590. The number of ether oxygens (including phenoxy) is 2. The number of thiazole rings is 1. The van der Waals surface area contributed by atoms with Crippen LogP contribution in [0.4, 0.5) is 0 Å². The molecular weight excluding hydrogens is 492 g/mol. The third-order valence-corrected chi connectivity index (χ3v) is 6.75. The van der Waals surface area contributed by atoms with E-state index in [9.17, 15) is 14.4 Å². The van der Waals surface area contributed by atoms with Crippen LogP contribution in [0.5, 0.6) is 0 Å². The van der Waals surface area contributed by atoms with E-state index < -0.39 is 11.5 Å². The van der Waals surface area contributed by atoms with E-state index in [1.54, 1.807) is 31.2 Å². The van der Waals surface area contributed by atoms with Crippen LogP contribution in [0.1, 0.15) is 25.5 Å². The normalized spacial score (nSPS) is 16.6. The predicted molar refractivity (Wildman–Crippen MR) is 134 cm³/mol. The van der Waals surface area contributed by atoms with E-state index in [-0.39, 0.29) is 25.2 Å². The van der Waals surface area contributed by atoms with Gasteiger partial charge in [-0.2, -0.15) is 0 Å². The van der Waals surface area contributed by atoms with E-state index in [1.807, 2.05) is 18.2 Å². The quantitative estimate of drug-likeness (QED) is 0.461. The Morgan fingerprint density at radius 3 is 2.86 bits per heavy atom. The van der Waals surface area contributed by atoms with E-state index >= 15 is 0 Å². The van der Waals surface area contributed by atoms with Gasteiger partial charge in [0.05, 0.1) is 28.3 Å². The van der Waals surface area contributed by atoms with Crippen LogP contribution < -0.4 is 20.1 Å². The minimum absolute atomic E-state index is 0.0149. The lowest BCUT2D eigenvalue weighted by molar-refractivity contribution is -0.135. The maximum absolute atomic E-state index is 13.2. The Hall–Kier alpha value is -3.14. The summed E-state index contributed by atoms with van der Waals surface area (Å²) in [5.41, 5.74) is 0.324. The number of esters is 1. The van der Waals surface area contributed by atoms with Crippen LogP contribution in [0.25, 0.3) is 23.5 Å². The van der Waals surface area contributed by atoms with Crippen molar-refractivity contribution in [1.29, 1.82) is 0 Å². The number of nitrogens with zero attached hydrogens (tertiary/aromatic N) is 1. The molecule has 4 rings (SSSR count). The number of halogens is 1. The number of nitrogens with one attached hydrogen (secondary N) is 1. The van der Waals surface area contributed by atoms with Gasteiger partial charge in [0.15, 0.2) is 0 Å². The average molecular weight is 517 g/mol. The highest BCUT2D eigenvalue weighted by atomic mass is 35.5. The topological polar surface area (TPSA) is 99.8 Å². The average Bonchev–Trinajstić information content (AvgIpc) is 3.57. The van der Waals surface area contributed by atoms with Crippen molar-refractivity contribution in [2.75, 3.05) is 19.8 Å². The van der Waals surface area contributed by atoms with E-state index in [2.05, 4.69) is 5.32 Å². The van der Waals surface area contributed by atoms with Crippen LogP contribution >= 0.6 is 22.9 Å². The summed E-state index contributed by atoms with van der Waals surface area (Å²) in [6.07, 6.45) is 4.64. The van der Waals surface area contributed by atoms with Crippen molar-refractivity contribution < 1.29 is 23.5 Å². The first-order chi connectivity index (χ1) is 16.9. The van der Waals surface area contributed by atoms with Crippen LogP contribution in [-0.4, -0.2) is 42.3 Å². The molecule has 0 unspecified atom stereocenters. The first-order valence-corrected chi connectivity index (χ1v) is 12.5. The molecule has 3 heterocycles. The number of aromatic nitrogens is 1. The number of hydrogen-bond acceptors (Lipinski definition) is 7. The smallest absolute Gasteiger partial charge is 0.333 e. The molecule has 0 saturated carbocycles. The molecule has 1 fully saturated rings. The Kier molecular flexibility index (Phi) is 8.22. The number of amides is 1. The largest absolute Gasteiger partial charge is 0.463 e. The summed E-state index contributed by atoms with van der Waals surface area (Å²) in [7, 11) is 0. The number of benzene rings is 1. The second kappa shape index (κ2) is 11.5. The van der Waals surface area contributed by atoms with Gasteiger partial charge < -0.3 is 19.2 Å². The number of rotatable bonds is 8. The Morgan fingerprint density at radius 1 is 1.29 bits per heavy atom. The summed E-state index contributed by atoms with van der Waals surface area (Å²) < 4.78 is 18.3. The molecule has 1 saturated heterocycles. The predicted octanol–water partition coefficient (Wildman–Crippen LogP) is 2.29. The summed E-state index contributed by atoms with van der Waals surface area (Å²) in [6.45, 7) is 2.73. The molecule has 1 aliphatic rings. The second-order valence-corrected chi connectivity index (χ2v) is 9.33. The van der Waals surface area contributed by atoms with E-state index in [0.29, 0.717) is 38.9 Å². The van der Waals surface area contributed by atoms with Crippen LogP contribution in [0.2, 0.25) is 5.02 Å².